The van der Waals surface area contributed by atoms with E-state index in [1.165, 1.54) is 0 Å². The van der Waals surface area contributed by atoms with Crippen molar-refractivity contribution in [1.82, 2.24) is 10.6 Å². The molecule has 34 heavy (non-hydrogen) atoms. The Morgan fingerprint density at radius 2 is 1.59 bits per heavy atom. The molecular weight excluding hydrogens is 432 g/mol. The van der Waals surface area contributed by atoms with Gasteiger partial charge < -0.3 is 20.5 Å². The number of ether oxygens (including phenoxy) is 1. The lowest BCUT2D eigenvalue weighted by molar-refractivity contribution is -0.143. The lowest BCUT2D eigenvalue weighted by Crippen LogP contribution is -2.50. The first kappa shape index (κ1) is 23.8. The summed E-state index contributed by atoms with van der Waals surface area (Å²) < 4.78 is 5.61. The molecule has 0 heterocycles. The quantitative estimate of drug-likeness (QED) is 0.540. The lowest BCUT2D eigenvalue weighted by Gasteiger charge is -2.26. The van der Waals surface area contributed by atoms with E-state index in [1.54, 1.807) is 0 Å². The maximum absolute atomic E-state index is 12.9. The zero-order valence-electron chi connectivity index (χ0n) is 19.9. The number of nitrogens with one attached hydrogen (secondary N) is 2. The number of amides is 2. The van der Waals surface area contributed by atoms with Crippen LogP contribution in [0.1, 0.15) is 57.1 Å². The van der Waals surface area contributed by atoms with Gasteiger partial charge in [-0.1, -0.05) is 69.3 Å². The van der Waals surface area contributed by atoms with Gasteiger partial charge >= 0.3 is 12.1 Å². The zero-order valence-corrected chi connectivity index (χ0v) is 19.9. The molecule has 2 aromatic carbocycles. The molecule has 4 rings (SSSR count). The average molecular weight is 465 g/mol. The summed E-state index contributed by atoms with van der Waals surface area (Å²) in [4.78, 5) is 37.0. The summed E-state index contributed by atoms with van der Waals surface area (Å²) in [5.41, 5.74) is 3.41. The van der Waals surface area contributed by atoms with E-state index in [1.807, 2.05) is 57.2 Å². The first-order chi connectivity index (χ1) is 16.1. The number of fused-ring (bicyclic) bond motifs is 3. The number of hydrogen-bond acceptors (Lipinski definition) is 4. The highest BCUT2D eigenvalue weighted by Gasteiger charge is 2.50. The molecule has 0 saturated heterocycles. The van der Waals surface area contributed by atoms with E-state index in [9.17, 15) is 19.5 Å². The molecule has 2 aromatic rings. The smallest absolute Gasteiger partial charge is 0.407 e. The lowest BCUT2D eigenvalue weighted by atomic mass is 9.87. The Morgan fingerprint density at radius 3 is 2.09 bits per heavy atom. The van der Waals surface area contributed by atoms with Gasteiger partial charge in [0, 0.05) is 12.5 Å². The highest BCUT2D eigenvalue weighted by atomic mass is 16.5. The Labute approximate surface area is 199 Å². The van der Waals surface area contributed by atoms with Crippen molar-refractivity contribution >= 4 is 18.0 Å². The molecule has 0 aliphatic heterocycles. The van der Waals surface area contributed by atoms with Gasteiger partial charge in [-0.15, -0.1) is 0 Å². The maximum Gasteiger partial charge on any atom is 0.407 e. The van der Waals surface area contributed by atoms with Gasteiger partial charge in [-0.05, 0) is 46.9 Å². The number of hydrogen-bond donors (Lipinski definition) is 3. The second-order valence-corrected chi connectivity index (χ2v) is 10.6. The number of carboxylic acids is 1. The van der Waals surface area contributed by atoms with Crippen LogP contribution in [0.3, 0.4) is 0 Å². The van der Waals surface area contributed by atoms with Gasteiger partial charge in [-0.2, -0.15) is 0 Å². The first-order valence-electron chi connectivity index (χ1n) is 11.7. The molecule has 7 nitrogen and oxygen atoms in total. The summed E-state index contributed by atoms with van der Waals surface area (Å²) in [6.07, 6.45) is 0.826. The Bertz CT molecular complexity index is 1050. The molecular formula is C27H32N2O5. The number of alkyl carbamates (subject to hydrolysis) is 1. The molecule has 1 atom stereocenters. The van der Waals surface area contributed by atoms with Crippen LogP contribution >= 0.6 is 0 Å². The van der Waals surface area contributed by atoms with Crippen LogP contribution in [0, 0.1) is 10.8 Å². The van der Waals surface area contributed by atoms with Crippen molar-refractivity contribution in [3.05, 3.63) is 59.7 Å². The Kier molecular flexibility index (Phi) is 6.39. The highest BCUT2D eigenvalue weighted by Crippen LogP contribution is 2.45. The molecule has 1 saturated carbocycles. The standard InChI is InChI=1S/C27H32N2O5/c1-26(2,3)14-22(23(30)28-16-27(12-13-27)24(31)32)29-25(33)34-15-21-19-10-6-4-8-17(19)18-9-5-7-11-20(18)21/h4-11,21-22H,12-16H2,1-3H3,(H,28,30)(H,29,33)(H,31,32). The number of rotatable bonds is 8. The summed E-state index contributed by atoms with van der Waals surface area (Å²) in [7, 11) is 0. The fourth-order valence-corrected chi connectivity index (χ4v) is 4.60. The first-order valence-corrected chi connectivity index (χ1v) is 11.7. The van der Waals surface area contributed by atoms with Gasteiger partial charge in [0.05, 0.1) is 5.41 Å². The summed E-state index contributed by atoms with van der Waals surface area (Å²) in [6.45, 7) is 6.16. The molecule has 0 radical (unpaired) electrons. The third kappa shape index (κ3) is 5.08. The monoisotopic (exact) mass is 464 g/mol. The Balaban J connectivity index is 1.40. The Morgan fingerprint density at radius 1 is 1.03 bits per heavy atom. The summed E-state index contributed by atoms with van der Waals surface area (Å²) in [6, 6.07) is 15.4. The van der Waals surface area contributed by atoms with Crippen molar-refractivity contribution in [3.63, 3.8) is 0 Å². The zero-order chi connectivity index (χ0) is 24.5. The van der Waals surface area contributed by atoms with E-state index >= 15 is 0 Å². The molecule has 0 aromatic heterocycles. The fraction of sp³-hybridized carbons (Fsp3) is 0.444. The van der Waals surface area contributed by atoms with Crippen LogP contribution in [-0.4, -0.2) is 42.3 Å². The van der Waals surface area contributed by atoms with Crippen LogP contribution in [0.5, 0.6) is 0 Å². The maximum atomic E-state index is 12.9. The molecule has 180 valence electrons. The summed E-state index contributed by atoms with van der Waals surface area (Å²) >= 11 is 0. The third-order valence-electron chi connectivity index (χ3n) is 6.68. The van der Waals surface area contributed by atoms with Crippen molar-refractivity contribution in [3.8, 4) is 11.1 Å². The van der Waals surface area contributed by atoms with Crippen molar-refractivity contribution in [2.24, 2.45) is 10.8 Å². The van der Waals surface area contributed by atoms with Crippen molar-refractivity contribution < 1.29 is 24.2 Å². The highest BCUT2D eigenvalue weighted by molar-refractivity contribution is 5.87. The number of aliphatic carboxylic acids is 1. The molecule has 2 amide bonds. The average Bonchev–Trinajstić information content (AvgIpc) is 3.52. The summed E-state index contributed by atoms with van der Waals surface area (Å²) in [5.74, 6) is -1.36. The molecule has 3 N–H and O–H groups in total. The van der Waals surface area contributed by atoms with Gasteiger partial charge in [0.1, 0.15) is 12.6 Å². The second-order valence-electron chi connectivity index (χ2n) is 10.6. The van der Waals surface area contributed by atoms with Gasteiger partial charge in [0.2, 0.25) is 5.91 Å². The molecule has 2 aliphatic rings. The topological polar surface area (TPSA) is 105 Å². The molecule has 0 spiro atoms. The van der Waals surface area contributed by atoms with Crippen LogP contribution < -0.4 is 10.6 Å². The van der Waals surface area contributed by atoms with Crippen LogP contribution in [-0.2, 0) is 14.3 Å². The van der Waals surface area contributed by atoms with Crippen molar-refractivity contribution in [2.45, 2.75) is 52.0 Å². The van der Waals surface area contributed by atoms with Crippen molar-refractivity contribution in [1.29, 1.82) is 0 Å². The van der Waals surface area contributed by atoms with Gasteiger partial charge in [-0.25, -0.2) is 4.79 Å². The van der Waals surface area contributed by atoms with Gasteiger partial charge in [0.15, 0.2) is 0 Å². The second kappa shape index (κ2) is 9.12. The predicted molar refractivity (Wildman–Crippen MR) is 128 cm³/mol. The molecule has 1 fully saturated rings. The molecule has 7 heteroatoms. The molecule has 2 aliphatic carbocycles. The summed E-state index contributed by atoms with van der Waals surface area (Å²) in [5, 5.41) is 14.8. The minimum absolute atomic E-state index is 0.0637. The van der Waals surface area contributed by atoms with Gasteiger partial charge in [0.25, 0.3) is 0 Å². The molecule has 1 unspecified atom stereocenters. The minimum atomic E-state index is -0.898. The number of carbonyl (C=O) groups is 3. The Hall–Kier alpha value is -3.35. The predicted octanol–water partition coefficient (Wildman–Crippen LogP) is 4.31. The van der Waals surface area contributed by atoms with E-state index in [-0.39, 0.29) is 24.5 Å². The normalized spacial score (nSPS) is 16.7. The number of benzene rings is 2. The number of carboxylic acid groups (broad SMARTS) is 1. The van der Waals surface area contributed by atoms with E-state index in [4.69, 9.17) is 4.74 Å². The van der Waals surface area contributed by atoms with E-state index in [0.29, 0.717) is 19.3 Å². The van der Waals surface area contributed by atoms with Crippen LogP contribution in [0.4, 0.5) is 4.79 Å². The van der Waals surface area contributed by atoms with Crippen molar-refractivity contribution in [2.75, 3.05) is 13.2 Å². The van der Waals surface area contributed by atoms with Gasteiger partial charge in [-0.3, -0.25) is 9.59 Å². The number of carbonyl (C=O) groups excluding carboxylic acids is 2. The van der Waals surface area contributed by atoms with Crippen LogP contribution in [0.15, 0.2) is 48.5 Å². The van der Waals surface area contributed by atoms with Crippen LogP contribution in [0.2, 0.25) is 0 Å². The third-order valence-corrected chi connectivity index (χ3v) is 6.68. The fourth-order valence-electron chi connectivity index (χ4n) is 4.60. The largest absolute Gasteiger partial charge is 0.481 e. The van der Waals surface area contributed by atoms with Crippen LogP contribution in [0.25, 0.3) is 11.1 Å². The minimum Gasteiger partial charge on any atom is -0.481 e. The van der Waals surface area contributed by atoms with E-state index < -0.39 is 29.4 Å². The van der Waals surface area contributed by atoms with E-state index in [0.717, 1.165) is 22.3 Å². The molecule has 0 bridgehead atoms. The van der Waals surface area contributed by atoms with E-state index in [2.05, 4.69) is 22.8 Å². The SMILES string of the molecule is CC(C)(C)CC(NC(=O)OCC1c2ccccc2-c2ccccc21)C(=O)NCC1(C(=O)O)CC1.